The molecule has 0 unspecified atom stereocenters. The van der Waals surface area contributed by atoms with Gasteiger partial charge in [0.05, 0.1) is 10.4 Å². The Bertz CT molecular complexity index is 247. The summed E-state index contributed by atoms with van der Waals surface area (Å²) in [7, 11) is 0. The number of thiophene rings is 1. The minimum absolute atomic E-state index is 0.766. The van der Waals surface area contributed by atoms with Gasteiger partial charge >= 0.3 is 0 Å². The molecule has 0 fully saturated rings. The van der Waals surface area contributed by atoms with Crippen molar-refractivity contribution in [1.29, 1.82) is 0 Å². The van der Waals surface area contributed by atoms with Crippen molar-refractivity contribution in [2.24, 2.45) is 0 Å². The van der Waals surface area contributed by atoms with Crippen molar-refractivity contribution in [3.63, 3.8) is 0 Å². The standard InChI is InChI=1S/C11H17BrOS/c1-2-3-4-5-8-13-9-10-6-7-11(12)14-10/h6-7H,2-5,8-9H2,1H3. The number of rotatable bonds is 7. The molecule has 0 aliphatic heterocycles. The monoisotopic (exact) mass is 276 g/mol. The molecule has 1 nitrogen and oxygen atoms in total. The van der Waals surface area contributed by atoms with Crippen LogP contribution in [0, 0.1) is 0 Å². The lowest BCUT2D eigenvalue weighted by Crippen LogP contribution is -1.93. The molecular weight excluding hydrogens is 260 g/mol. The molecule has 0 aliphatic rings. The van der Waals surface area contributed by atoms with E-state index in [4.69, 9.17) is 4.74 Å². The van der Waals surface area contributed by atoms with Gasteiger partial charge < -0.3 is 4.74 Å². The smallest absolute Gasteiger partial charge is 0.0809 e. The lowest BCUT2D eigenvalue weighted by atomic mass is 10.2. The van der Waals surface area contributed by atoms with Gasteiger partial charge in [0.25, 0.3) is 0 Å². The fraction of sp³-hybridized carbons (Fsp3) is 0.636. The van der Waals surface area contributed by atoms with Gasteiger partial charge in [-0.25, -0.2) is 0 Å². The summed E-state index contributed by atoms with van der Waals surface area (Å²) < 4.78 is 6.75. The van der Waals surface area contributed by atoms with Crippen molar-refractivity contribution in [3.05, 3.63) is 20.8 Å². The van der Waals surface area contributed by atoms with E-state index in [2.05, 4.69) is 35.0 Å². The normalized spacial score (nSPS) is 10.7. The second-order valence-electron chi connectivity index (χ2n) is 3.32. The SMILES string of the molecule is CCCCCCOCc1ccc(Br)s1. The van der Waals surface area contributed by atoms with Crippen LogP contribution in [-0.4, -0.2) is 6.61 Å². The van der Waals surface area contributed by atoms with Crippen LogP contribution in [0.1, 0.15) is 37.5 Å². The maximum absolute atomic E-state index is 5.57. The fourth-order valence-electron chi connectivity index (χ4n) is 1.23. The average Bonchev–Trinajstić information content (AvgIpc) is 2.58. The van der Waals surface area contributed by atoms with Crippen LogP contribution in [0.2, 0.25) is 0 Å². The molecule has 0 radical (unpaired) electrons. The second kappa shape index (κ2) is 7.43. The first kappa shape index (κ1) is 12.2. The lowest BCUT2D eigenvalue weighted by Gasteiger charge is -2.01. The third-order valence-corrected chi connectivity index (χ3v) is 3.61. The van der Waals surface area contributed by atoms with Crippen molar-refractivity contribution >= 4 is 27.3 Å². The maximum atomic E-state index is 5.57. The van der Waals surface area contributed by atoms with Gasteiger partial charge in [0.2, 0.25) is 0 Å². The van der Waals surface area contributed by atoms with Gasteiger partial charge in [-0.15, -0.1) is 11.3 Å². The maximum Gasteiger partial charge on any atom is 0.0809 e. The van der Waals surface area contributed by atoms with Crippen molar-refractivity contribution in [2.45, 2.75) is 39.2 Å². The first-order chi connectivity index (χ1) is 6.83. The van der Waals surface area contributed by atoms with Crippen LogP contribution in [0.5, 0.6) is 0 Å². The van der Waals surface area contributed by atoms with E-state index in [0.717, 1.165) is 13.2 Å². The molecule has 0 amide bonds. The van der Waals surface area contributed by atoms with Crippen LogP contribution in [0.3, 0.4) is 0 Å². The largest absolute Gasteiger partial charge is 0.376 e. The van der Waals surface area contributed by atoms with Crippen LogP contribution < -0.4 is 0 Å². The molecule has 14 heavy (non-hydrogen) atoms. The van der Waals surface area contributed by atoms with Gasteiger partial charge in [-0.1, -0.05) is 26.2 Å². The first-order valence-corrected chi connectivity index (χ1v) is 6.76. The molecule has 1 heterocycles. The van der Waals surface area contributed by atoms with E-state index in [-0.39, 0.29) is 0 Å². The molecular formula is C11H17BrOS. The summed E-state index contributed by atoms with van der Waals surface area (Å²) in [4.78, 5) is 1.30. The molecule has 0 bridgehead atoms. The Hall–Kier alpha value is 0.140. The Morgan fingerprint density at radius 1 is 1.29 bits per heavy atom. The topological polar surface area (TPSA) is 9.23 Å². The minimum atomic E-state index is 0.766. The van der Waals surface area contributed by atoms with Crippen molar-refractivity contribution in [2.75, 3.05) is 6.61 Å². The molecule has 3 heteroatoms. The highest BCUT2D eigenvalue weighted by atomic mass is 79.9. The molecule has 1 aromatic heterocycles. The molecule has 1 rings (SSSR count). The highest BCUT2D eigenvalue weighted by Gasteiger charge is 1.97. The van der Waals surface area contributed by atoms with E-state index in [0.29, 0.717) is 0 Å². The Balaban J connectivity index is 1.99. The van der Waals surface area contributed by atoms with E-state index < -0.39 is 0 Å². The van der Waals surface area contributed by atoms with Crippen LogP contribution in [0.25, 0.3) is 0 Å². The Morgan fingerprint density at radius 3 is 2.79 bits per heavy atom. The predicted molar refractivity (Wildman–Crippen MR) is 65.8 cm³/mol. The van der Waals surface area contributed by atoms with E-state index in [1.165, 1.54) is 34.3 Å². The van der Waals surface area contributed by atoms with Crippen LogP contribution in [0.4, 0.5) is 0 Å². The minimum Gasteiger partial charge on any atom is -0.376 e. The fourth-order valence-corrected chi connectivity index (χ4v) is 2.65. The summed E-state index contributed by atoms with van der Waals surface area (Å²) in [5, 5.41) is 0. The van der Waals surface area contributed by atoms with Crippen LogP contribution >= 0.6 is 27.3 Å². The Labute approximate surface area is 98.6 Å². The van der Waals surface area contributed by atoms with Gasteiger partial charge in [-0.2, -0.15) is 0 Å². The van der Waals surface area contributed by atoms with E-state index in [1.54, 1.807) is 11.3 Å². The number of hydrogen-bond acceptors (Lipinski definition) is 2. The third-order valence-electron chi connectivity index (χ3n) is 2.02. The average molecular weight is 277 g/mol. The zero-order chi connectivity index (χ0) is 10.2. The van der Waals surface area contributed by atoms with Crippen LogP contribution in [0.15, 0.2) is 15.9 Å². The Kier molecular flexibility index (Phi) is 6.48. The summed E-state index contributed by atoms with van der Waals surface area (Å²) >= 11 is 5.19. The summed E-state index contributed by atoms with van der Waals surface area (Å²) in [5.41, 5.74) is 0. The van der Waals surface area contributed by atoms with E-state index >= 15 is 0 Å². The molecule has 0 saturated carbocycles. The summed E-state index contributed by atoms with van der Waals surface area (Å²) in [6, 6.07) is 4.18. The number of unbranched alkanes of at least 4 members (excludes halogenated alkanes) is 3. The van der Waals surface area contributed by atoms with E-state index in [1.807, 2.05) is 0 Å². The summed E-state index contributed by atoms with van der Waals surface area (Å²) in [6.07, 6.45) is 5.11. The van der Waals surface area contributed by atoms with Crippen molar-refractivity contribution in [1.82, 2.24) is 0 Å². The van der Waals surface area contributed by atoms with Crippen molar-refractivity contribution < 1.29 is 4.74 Å². The van der Waals surface area contributed by atoms with Gasteiger partial charge in [-0.05, 0) is 34.5 Å². The molecule has 0 saturated heterocycles. The number of ether oxygens (including phenoxy) is 1. The molecule has 0 aliphatic carbocycles. The molecule has 1 aromatic rings. The molecule has 80 valence electrons. The first-order valence-electron chi connectivity index (χ1n) is 5.15. The zero-order valence-electron chi connectivity index (χ0n) is 8.59. The van der Waals surface area contributed by atoms with Gasteiger partial charge in [0, 0.05) is 11.5 Å². The van der Waals surface area contributed by atoms with E-state index in [9.17, 15) is 0 Å². The Morgan fingerprint density at radius 2 is 2.14 bits per heavy atom. The number of halogens is 1. The summed E-state index contributed by atoms with van der Waals surface area (Å²) in [6.45, 7) is 3.89. The molecule has 0 atom stereocenters. The zero-order valence-corrected chi connectivity index (χ0v) is 11.0. The quantitative estimate of drug-likeness (QED) is 0.661. The second-order valence-corrected chi connectivity index (χ2v) is 5.87. The van der Waals surface area contributed by atoms with Gasteiger partial charge in [0.1, 0.15) is 0 Å². The summed E-state index contributed by atoms with van der Waals surface area (Å²) in [5.74, 6) is 0. The van der Waals surface area contributed by atoms with Gasteiger partial charge in [0.15, 0.2) is 0 Å². The number of hydrogen-bond donors (Lipinski definition) is 0. The van der Waals surface area contributed by atoms with Crippen molar-refractivity contribution in [3.8, 4) is 0 Å². The highest BCUT2D eigenvalue weighted by Crippen LogP contribution is 2.22. The molecule has 0 aromatic carbocycles. The highest BCUT2D eigenvalue weighted by molar-refractivity contribution is 9.11. The molecule has 0 spiro atoms. The molecule has 0 N–H and O–H groups in total. The van der Waals surface area contributed by atoms with Gasteiger partial charge in [-0.3, -0.25) is 0 Å². The third kappa shape index (κ3) is 5.13. The van der Waals surface area contributed by atoms with Crippen LogP contribution in [-0.2, 0) is 11.3 Å². The lowest BCUT2D eigenvalue weighted by molar-refractivity contribution is 0.119. The predicted octanol–water partition coefficient (Wildman–Crippen LogP) is 4.61.